The van der Waals surface area contributed by atoms with Crippen molar-refractivity contribution in [2.75, 3.05) is 11.9 Å². The van der Waals surface area contributed by atoms with Gasteiger partial charge in [-0.25, -0.2) is 8.42 Å². The first kappa shape index (κ1) is 20.6. The summed E-state index contributed by atoms with van der Waals surface area (Å²) in [4.78, 5) is 12.9. The molecular weight excluding hydrogens is 400 g/mol. The lowest BCUT2D eigenvalue weighted by atomic mass is 10.0. The van der Waals surface area contributed by atoms with Crippen LogP contribution < -0.4 is 5.32 Å². The van der Waals surface area contributed by atoms with Gasteiger partial charge in [-0.3, -0.25) is 4.79 Å². The van der Waals surface area contributed by atoms with Gasteiger partial charge in [0.15, 0.2) is 5.76 Å². The third kappa shape index (κ3) is 3.75. The highest BCUT2D eigenvalue weighted by Crippen LogP contribution is 2.28. The Morgan fingerprint density at radius 3 is 2.57 bits per heavy atom. The van der Waals surface area contributed by atoms with E-state index in [1.54, 1.807) is 28.6 Å². The van der Waals surface area contributed by atoms with Crippen molar-refractivity contribution in [2.24, 2.45) is 0 Å². The number of nitrogens with zero attached hydrogens (tertiary/aromatic N) is 1. The molecule has 1 saturated heterocycles. The monoisotopic (exact) mass is 426 g/mol. The van der Waals surface area contributed by atoms with Crippen molar-refractivity contribution in [1.29, 1.82) is 0 Å². The third-order valence-electron chi connectivity index (χ3n) is 5.81. The van der Waals surface area contributed by atoms with E-state index in [2.05, 4.69) is 5.32 Å². The van der Waals surface area contributed by atoms with Gasteiger partial charge in [0.2, 0.25) is 10.0 Å². The summed E-state index contributed by atoms with van der Waals surface area (Å²) in [5.41, 5.74) is 1.95. The van der Waals surface area contributed by atoms with Crippen molar-refractivity contribution in [3.63, 3.8) is 0 Å². The second kappa shape index (κ2) is 8.24. The summed E-state index contributed by atoms with van der Waals surface area (Å²) in [6, 6.07) is 13.9. The molecule has 0 spiro atoms. The number of rotatable bonds is 5. The van der Waals surface area contributed by atoms with Crippen LogP contribution >= 0.6 is 0 Å². The summed E-state index contributed by atoms with van der Waals surface area (Å²) in [6.07, 6.45) is 3.67. The smallest absolute Gasteiger partial charge is 0.291 e. The zero-order valence-electron chi connectivity index (χ0n) is 17.2. The molecule has 0 saturated carbocycles. The minimum Gasteiger partial charge on any atom is -0.451 e. The number of carbonyl (C=O) groups excluding carboxylic acids is 1. The largest absolute Gasteiger partial charge is 0.451 e. The predicted molar refractivity (Wildman–Crippen MR) is 117 cm³/mol. The summed E-state index contributed by atoms with van der Waals surface area (Å²) >= 11 is 0. The Bertz CT molecular complexity index is 1170. The Morgan fingerprint density at radius 2 is 1.87 bits per heavy atom. The number of para-hydroxylation sites is 1. The molecule has 1 amide bonds. The molecule has 7 heteroatoms. The van der Waals surface area contributed by atoms with Crippen LogP contribution in [0.4, 0.5) is 5.69 Å². The predicted octanol–water partition coefficient (Wildman–Crippen LogP) is 4.95. The molecule has 0 radical (unpaired) electrons. The molecule has 3 aromatic rings. The van der Waals surface area contributed by atoms with Gasteiger partial charge in [-0.05, 0) is 56.5 Å². The molecular formula is C23H26N2O4S. The molecule has 1 N–H and O–H groups in total. The van der Waals surface area contributed by atoms with Gasteiger partial charge >= 0.3 is 0 Å². The third-order valence-corrected chi connectivity index (χ3v) is 7.78. The molecule has 2 aromatic carbocycles. The Kier molecular flexibility index (Phi) is 5.66. The molecule has 1 aromatic heterocycles. The number of nitrogens with one attached hydrogen (secondary N) is 1. The second-order valence-electron chi connectivity index (χ2n) is 7.70. The van der Waals surface area contributed by atoms with Crippen molar-refractivity contribution >= 4 is 32.6 Å². The van der Waals surface area contributed by atoms with Crippen LogP contribution in [0.25, 0.3) is 11.0 Å². The van der Waals surface area contributed by atoms with Crippen molar-refractivity contribution in [1.82, 2.24) is 4.31 Å². The van der Waals surface area contributed by atoms with E-state index in [0.717, 1.165) is 36.6 Å². The van der Waals surface area contributed by atoms with Crippen molar-refractivity contribution in [2.45, 2.75) is 50.5 Å². The average Bonchev–Trinajstić information content (AvgIpc) is 3.11. The molecule has 1 aliphatic rings. The Labute approximate surface area is 176 Å². The standard InChI is InChI=1S/C23H26N2O4S/c1-3-18-8-6-7-15-25(18)30(27,28)19-13-11-17(12-14-19)24-23(26)22-16(2)20-9-4-5-10-21(20)29-22/h4-5,9-14,18H,3,6-8,15H2,1-2H3,(H,24,26)/t18-/m1/s1. The highest BCUT2D eigenvalue weighted by atomic mass is 32.2. The summed E-state index contributed by atoms with van der Waals surface area (Å²) in [7, 11) is -3.54. The van der Waals surface area contributed by atoms with Crippen LogP contribution in [0.1, 0.15) is 48.7 Å². The normalized spacial score (nSPS) is 17.9. The number of amides is 1. The SMILES string of the molecule is CC[C@@H]1CCCCN1S(=O)(=O)c1ccc(NC(=O)c2oc3ccccc3c2C)cc1. The lowest BCUT2D eigenvalue weighted by Crippen LogP contribution is -2.43. The fraction of sp³-hybridized carbons (Fsp3) is 0.348. The van der Waals surface area contributed by atoms with Crippen LogP contribution in [0.2, 0.25) is 0 Å². The van der Waals surface area contributed by atoms with E-state index < -0.39 is 10.0 Å². The second-order valence-corrected chi connectivity index (χ2v) is 9.60. The van der Waals surface area contributed by atoms with Crippen molar-refractivity contribution < 1.29 is 17.6 Å². The summed E-state index contributed by atoms with van der Waals surface area (Å²) in [6.45, 7) is 4.43. The molecule has 0 bridgehead atoms. The van der Waals surface area contributed by atoms with E-state index >= 15 is 0 Å². The van der Waals surface area contributed by atoms with Gasteiger partial charge in [0.1, 0.15) is 5.58 Å². The first-order valence-corrected chi connectivity index (χ1v) is 11.8. The number of benzene rings is 2. The maximum absolute atomic E-state index is 13.1. The van der Waals surface area contributed by atoms with Crippen LogP contribution in [0.15, 0.2) is 57.8 Å². The summed E-state index contributed by atoms with van der Waals surface area (Å²) < 4.78 is 33.5. The topological polar surface area (TPSA) is 79.6 Å². The highest BCUT2D eigenvalue weighted by Gasteiger charge is 2.32. The molecule has 2 heterocycles. The van der Waals surface area contributed by atoms with E-state index in [-0.39, 0.29) is 22.6 Å². The Morgan fingerprint density at radius 1 is 1.13 bits per heavy atom. The number of hydrogen-bond donors (Lipinski definition) is 1. The fourth-order valence-corrected chi connectivity index (χ4v) is 5.89. The summed E-state index contributed by atoms with van der Waals surface area (Å²) in [5, 5.41) is 3.70. The Hall–Kier alpha value is -2.64. The van der Waals surface area contributed by atoms with Crippen LogP contribution in [0, 0.1) is 6.92 Å². The van der Waals surface area contributed by atoms with Crippen molar-refractivity contribution in [3.8, 4) is 0 Å². The van der Waals surface area contributed by atoms with Gasteiger partial charge < -0.3 is 9.73 Å². The van der Waals surface area contributed by atoms with E-state index in [9.17, 15) is 13.2 Å². The van der Waals surface area contributed by atoms with E-state index in [1.165, 1.54) is 0 Å². The number of furan rings is 1. The lowest BCUT2D eigenvalue weighted by Gasteiger charge is -2.34. The maximum Gasteiger partial charge on any atom is 0.291 e. The van der Waals surface area contributed by atoms with Gasteiger partial charge in [-0.1, -0.05) is 31.5 Å². The minimum absolute atomic E-state index is 0.0548. The van der Waals surface area contributed by atoms with Crippen LogP contribution in [-0.4, -0.2) is 31.2 Å². The molecule has 158 valence electrons. The van der Waals surface area contributed by atoms with Crippen LogP contribution in [0.5, 0.6) is 0 Å². The number of carbonyl (C=O) groups is 1. The van der Waals surface area contributed by atoms with E-state index in [0.29, 0.717) is 17.8 Å². The molecule has 1 aliphatic heterocycles. The van der Waals surface area contributed by atoms with E-state index in [1.807, 2.05) is 38.1 Å². The zero-order valence-corrected chi connectivity index (χ0v) is 18.0. The molecule has 0 unspecified atom stereocenters. The first-order valence-electron chi connectivity index (χ1n) is 10.3. The molecule has 4 rings (SSSR count). The zero-order chi connectivity index (χ0) is 21.3. The quantitative estimate of drug-likeness (QED) is 0.626. The van der Waals surface area contributed by atoms with Crippen LogP contribution in [0.3, 0.4) is 0 Å². The van der Waals surface area contributed by atoms with Gasteiger partial charge in [-0.15, -0.1) is 0 Å². The lowest BCUT2D eigenvalue weighted by molar-refractivity contribution is 0.0998. The Balaban J connectivity index is 1.53. The van der Waals surface area contributed by atoms with E-state index in [4.69, 9.17) is 4.42 Å². The fourth-order valence-electron chi connectivity index (χ4n) is 4.12. The molecule has 1 fully saturated rings. The highest BCUT2D eigenvalue weighted by molar-refractivity contribution is 7.89. The van der Waals surface area contributed by atoms with Crippen LogP contribution in [-0.2, 0) is 10.0 Å². The number of fused-ring (bicyclic) bond motifs is 1. The van der Waals surface area contributed by atoms with Crippen molar-refractivity contribution in [3.05, 3.63) is 59.9 Å². The van der Waals surface area contributed by atoms with Gasteiger partial charge in [0.25, 0.3) is 5.91 Å². The molecule has 1 atom stereocenters. The summed E-state index contributed by atoms with van der Waals surface area (Å²) in [5.74, 6) is -0.103. The number of hydrogen-bond acceptors (Lipinski definition) is 4. The minimum atomic E-state index is -3.54. The molecule has 0 aliphatic carbocycles. The molecule has 30 heavy (non-hydrogen) atoms. The number of aryl methyl sites for hydroxylation is 1. The number of anilines is 1. The van der Waals surface area contributed by atoms with Gasteiger partial charge in [0.05, 0.1) is 4.90 Å². The average molecular weight is 427 g/mol. The van der Waals surface area contributed by atoms with Gasteiger partial charge in [-0.2, -0.15) is 4.31 Å². The maximum atomic E-state index is 13.1. The number of sulfonamides is 1. The van der Waals surface area contributed by atoms with Gasteiger partial charge in [0, 0.05) is 29.2 Å². The number of piperidine rings is 1. The molecule has 6 nitrogen and oxygen atoms in total. The first-order chi connectivity index (χ1) is 14.4.